The summed E-state index contributed by atoms with van der Waals surface area (Å²) in [7, 11) is 0. The molecule has 362 valence electrons. The van der Waals surface area contributed by atoms with E-state index in [9.17, 15) is 44.4 Å². The van der Waals surface area contributed by atoms with E-state index in [1.54, 1.807) is 40.7 Å². The maximum absolute atomic E-state index is 14.1. The number of carbonyl (C=O) groups excluding carboxylic acids is 4. The summed E-state index contributed by atoms with van der Waals surface area (Å²) in [6, 6.07) is 5.60. The van der Waals surface area contributed by atoms with Crippen molar-refractivity contribution < 1.29 is 87.0 Å². The molecule has 1 aliphatic carbocycles. The molecule has 0 saturated carbocycles. The van der Waals surface area contributed by atoms with Gasteiger partial charge in [-0.15, -0.1) is 0 Å². The van der Waals surface area contributed by atoms with Gasteiger partial charge in [-0.05, 0) is 96.4 Å². The van der Waals surface area contributed by atoms with E-state index in [0.717, 1.165) is 0 Å². The maximum atomic E-state index is 14.1. The summed E-state index contributed by atoms with van der Waals surface area (Å²) in [5, 5.41) is 44.6. The van der Waals surface area contributed by atoms with Crippen LogP contribution in [0.25, 0.3) is 0 Å². The van der Waals surface area contributed by atoms with Gasteiger partial charge < -0.3 is 63.1 Å². The Morgan fingerprint density at radius 2 is 1.22 bits per heavy atom. The molecule has 18 heteroatoms. The van der Waals surface area contributed by atoms with Crippen LogP contribution in [0.1, 0.15) is 129 Å². The Labute approximate surface area is 387 Å². The average molecular weight is 935 g/mol. The number of aliphatic hydroxyl groups is 1. The molecule has 0 aromatic heterocycles. The number of carbonyl (C=O) groups is 5. The monoisotopic (exact) mass is 934 g/mol. The second-order valence-electron chi connectivity index (χ2n) is 18.5. The minimum Gasteiger partial charge on any atom is -0.507 e. The number of ketones is 4. The normalized spacial score (nSPS) is 35.2. The van der Waals surface area contributed by atoms with Gasteiger partial charge in [0.15, 0.2) is 48.3 Å². The summed E-state index contributed by atoms with van der Waals surface area (Å²) in [5.74, 6) is -3.95. The first-order valence-electron chi connectivity index (χ1n) is 22.8. The van der Waals surface area contributed by atoms with E-state index in [2.05, 4.69) is 0 Å². The molecule has 5 aliphatic heterocycles. The van der Waals surface area contributed by atoms with Crippen LogP contribution in [0.3, 0.4) is 0 Å². The highest BCUT2D eigenvalue weighted by Gasteiger charge is 2.44. The van der Waals surface area contributed by atoms with Crippen LogP contribution in [-0.2, 0) is 63.4 Å². The first-order chi connectivity index (χ1) is 31.8. The third-order valence-corrected chi connectivity index (χ3v) is 13.3. The molecule has 0 radical (unpaired) electrons. The summed E-state index contributed by atoms with van der Waals surface area (Å²) in [4.78, 5) is 64.0. The van der Waals surface area contributed by atoms with Gasteiger partial charge in [0.2, 0.25) is 0 Å². The van der Waals surface area contributed by atoms with Gasteiger partial charge in [-0.25, -0.2) is 0 Å². The maximum Gasteiger partial charge on any atom is 0.306 e. The van der Waals surface area contributed by atoms with Crippen LogP contribution < -0.4 is 0 Å². The van der Waals surface area contributed by atoms with Crippen molar-refractivity contribution in [2.45, 2.75) is 178 Å². The molecule has 0 bridgehead atoms. The summed E-state index contributed by atoms with van der Waals surface area (Å²) < 4.78 is 54.4. The number of carboxylic acid groups (broad SMARTS) is 1. The molecule has 4 N–H and O–H groups in total. The van der Waals surface area contributed by atoms with E-state index in [4.69, 9.17) is 42.6 Å². The van der Waals surface area contributed by atoms with Gasteiger partial charge >= 0.3 is 5.97 Å². The van der Waals surface area contributed by atoms with Gasteiger partial charge in [0.25, 0.3) is 0 Å². The lowest BCUT2D eigenvalue weighted by Gasteiger charge is -2.42. The number of aromatic hydroxyl groups is 2. The number of phenolic OH excluding ortho intramolecular Hbond substituents is 2. The van der Waals surface area contributed by atoms with Crippen LogP contribution in [0.2, 0.25) is 0 Å². The number of hydrogen-bond donors (Lipinski definition) is 4. The number of fused-ring (bicyclic) bond motifs is 2. The second-order valence-corrected chi connectivity index (χ2v) is 18.5. The summed E-state index contributed by atoms with van der Waals surface area (Å²) >= 11 is 0. The van der Waals surface area contributed by atoms with Crippen molar-refractivity contribution in [2.75, 3.05) is 0 Å². The Hall–Kier alpha value is -4.73. The largest absolute Gasteiger partial charge is 0.507 e. The zero-order chi connectivity index (χ0) is 48.1. The van der Waals surface area contributed by atoms with Crippen LogP contribution in [0.5, 0.6) is 11.5 Å². The molecule has 67 heavy (non-hydrogen) atoms. The number of carboxylic acids is 1. The zero-order valence-corrected chi connectivity index (χ0v) is 38.2. The van der Waals surface area contributed by atoms with Crippen LogP contribution in [-0.4, -0.2) is 135 Å². The fraction of sp³-hybridized carbons (Fsp3) is 0.571. The van der Waals surface area contributed by atoms with E-state index in [1.807, 2.05) is 6.92 Å². The molecule has 1 unspecified atom stereocenters. The van der Waals surface area contributed by atoms with Gasteiger partial charge in [-0.2, -0.15) is 0 Å². The van der Waals surface area contributed by atoms with Crippen molar-refractivity contribution in [1.29, 1.82) is 0 Å². The van der Waals surface area contributed by atoms with Crippen molar-refractivity contribution in [3.8, 4) is 11.5 Å². The molecule has 8 rings (SSSR count). The quantitative estimate of drug-likeness (QED) is 0.179. The van der Waals surface area contributed by atoms with Gasteiger partial charge in [0.05, 0.1) is 65.9 Å². The Bertz CT molecular complexity index is 2310. The lowest BCUT2D eigenvalue weighted by atomic mass is 9.79. The molecule has 15 atom stereocenters. The Kier molecular flexibility index (Phi) is 14.3. The predicted octanol–water partition coefficient (Wildman–Crippen LogP) is 4.82. The van der Waals surface area contributed by atoms with Crippen molar-refractivity contribution in [1.82, 2.24) is 0 Å². The number of ether oxygens (including phenoxy) is 9. The highest BCUT2D eigenvalue weighted by Crippen LogP contribution is 2.45. The van der Waals surface area contributed by atoms with Crippen LogP contribution in [0.4, 0.5) is 0 Å². The number of hydrogen-bond acceptors (Lipinski definition) is 17. The van der Waals surface area contributed by atoms with E-state index in [0.29, 0.717) is 25.7 Å². The second kappa shape index (κ2) is 19.7. The Morgan fingerprint density at radius 1 is 0.687 bits per heavy atom. The molecule has 5 heterocycles. The smallest absolute Gasteiger partial charge is 0.306 e. The van der Waals surface area contributed by atoms with Gasteiger partial charge in [0.1, 0.15) is 29.8 Å². The lowest BCUT2D eigenvalue weighted by molar-refractivity contribution is -0.292. The molecule has 6 aliphatic rings. The minimum atomic E-state index is -1.45. The molecule has 2 aromatic rings. The highest BCUT2D eigenvalue weighted by atomic mass is 16.7. The van der Waals surface area contributed by atoms with Gasteiger partial charge in [-0.3, -0.25) is 24.0 Å². The molecule has 3 fully saturated rings. The van der Waals surface area contributed by atoms with Crippen molar-refractivity contribution in [2.24, 2.45) is 0 Å². The highest BCUT2D eigenvalue weighted by molar-refractivity contribution is 6.30. The third-order valence-electron chi connectivity index (χ3n) is 13.3. The third kappa shape index (κ3) is 10.3. The molecule has 18 nitrogen and oxygen atoms in total. The predicted molar refractivity (Wildman–Crippen MR) is 231 cm³/mol. The van der Waals surface area contributed by atoms with Gasteiger partial charge in [-0.1, -0.05) is 12.1 Å². The van der Waals surface area contributed by atoms with Crippen molar-refractivity contribution in [3.63, 3.8) is 0 Å². The van der Waals surface area contributed by atoms with E-state index >= 15 is 0 Å². The van der Waals surface area contributed by atoms with E-state index < -0.39 is 121 Å². The molecule has 2 aromatic carbocycles. The number of benzene rings is 2. The Balaban J connectivity index is 0.909. The van der Waals surface area contributed by atoms with Crippen LogP contribution >= 0.6 is 0 Å². The summed E-state index contributed by atoms with van der Waals surface area (Å²) in [5.41, 5.74) is -2.01. The summed E-state index contributed by atoms with van der Waals surface area (Å²) in [6.07, 6.45) is -2.21. The molecule has 3 saturated heterocycles. The fourth-order valence-corrected chi connectivity index (χ4v) is 9.72. The van der Waals surface area contributed by atoms with Crippen molar-refractivity contribution in [3.05, 3.63) is 82.0 Å². The van der Waals surface area contributed by atoms with Crippen LogP contribution in [0, 0.1) is 0 Å². The number of aliphatic carboxylic acids is 1. The van der Waals surface area contributed by atoms with E-state index in [1.165, 1.54) is 42.5 Å². The first kappa shape index (κ1) is 48.7. The minimum absolute atomic E-state index is 0.0215. The molecular weight excluding hydrogens is 877 g/mol. The summed E-state index contributed by atoms with van der Waals surface area (Å²) in [6.45, 7) is 10.2. The SMILES string of the molecule is C[C@@H]1O[C@@H](O[C@H]2CC[C@H](OC(C)(CC(=O)O)Cc3ccc4c(c3O)C(=O)c3ccc([C@H]5C[C@@H](O)[C@H](O[C@@H]6CC[C@@H](O[C@H]7C=CC(=O)[C@H](C)O7)[C@@H](C)O6)[C@@H](C)O5)c(O)c3C4=O)O[C@H]2C)C=CC1=O. The van der Waals surface area contributed by atoms with Gasteiger partial charge in [0, 0.05) is 42.4 Å². The lowest BCUT2D eigenvalue weighted by Crippen LogP contribution is -2.50. The topological polar surface area (TPSA) is 249 Å². The van der Waals surface area contributed by atoms with E-state index in [-0.39, 0.29) is 63.9 Å². The average Bonchev–Trinajstić information content (AvgIpc) is 3.26. The van der Waals surface area contributed by atoms with Crippen molar-refractivity contribution >= 4 is 29.1 Å². The number of rotatable bonds is 13. The molecule has 0 amide bonds. The first-order valence-corrected chi connectivity index (χ1v) is 22.8. The standard InChI is InChI=1S/C49H58O18/c1-22-31(50)11-15-38(60-22)64-34-13-17-40(62-24(34)3)66-48-26(5)59-36(19-33(48)52)28-9-10-30-43(45(28)56)47(58)29-8-7-27(44(55)42(29)46(30)57)20-49(6,21-37(53)54)67-41-18-14-35(25(4)63-41)65-39-16-12-32(51)23(2)61-39/h7-12,15-16,22-26,33-36,38-41,48,52,55-56H,13-14,17-21H2,1-6H3,(H,53,54)/t22-,23-,24+,25-,26+,33+,34+,35-,36+,38-,39-,40+,41-,48+,49?/m0/s1. The number of phenols is 2. The fourth-order valence-electron chi connectivity index (χ4n) is 9.72. The zero-order valence-electron chi connectivity index (χ0n) is 38.2. The molecule has 0 spiro atoms. The molecular formula is C49H58O18. The Morgan fingerprint density at radius 3 is 1.76 bits per heavy atom. The number of aliphatic hydroxyl groups excluding tert-OH is 1. The van der Waals surface area contributed by atoms with Crippen LogP contribution in [0.15, 0.2) is 48.6 Å².